The average Bonchev–Trinajstić information content (AvgIpc) is 2.74. The monoisotopic (exact) mass is 243 g/mol. The molecule has 0 spiro atoms. The van der Waals surface area contributed by atoms with Crippen molar-refractivity contribution in [2.24, 2.45) is 5.41 Å². The minimum atomic E-state index is 0.304. The molecule has 4 nitrogen and oxygen atoms in total. The zero-order valence-electron chi connectivity index (χ0n) is 10.9. The Morgan fingerprint density at radius 1 is 1.39 bits per heavy atom. The Morgan fingerprint density at radius 3 is 2.72 bits per heavy atom. The molecule has 1 aromatic carbocycles. The number of aromatic nitrogens is 2. The van der Waals surface area contributed by atoms with E-state index in [1.165, 1.54) is 0 Å². The molecule has 1 aromatic heterocycles. The van der Waals surface area contributed by atoms with Crippen LogP contribution >= 0.6 is 0 Å². The lowest BCUT2D eigenvalue weighted by atomic mass is 10.1. The van der Waals surface area contributed by atoms with Crippen LogP contribution in [0.1, 0.15) is 37.6 Å². The molecule has 1 saturated carbocycles. The van der Waals surface area contributed by atoms with Crippen LogP contribution in [0.15, 0.2) is 22.7 Å². The number of hydrogen-bond acceptors (Lipinski definition) is 4. The van der Waals surface area contributed by atoms with Gasteiger partial charge in [0.1, 0.15) is 0 Å². The Kier molecular flexibility index (Phi) is 2.24. The molecule has 0 aliphatic heterocycles. The SMILES string of the molecule is Cc1cccc(N)c1-c1nc(C2CC2(C)C)no1. The third kappa shape index (κ3) is 1.68. The topological polar surface area (TPSA) is 64.9 Å². The highest BCUT2D eigenvalue weighted by atomic mass is 16.5. The molecule has 1 atom stereocenters. The summed E-state index contributed by atoms with van der Waals surface area (Å²) in [7, 11) is 0. The lowest BCUT2D eigenvalue weighted by Crippen LogP contribution is -1.94. The van der Waals surface area contributed by atoms with Crippen molar-refractivity contribution in [3.05, 3.63) is 29.6 Å². The Balaban J connectivity index is 1.99. The van der Waals surface area contributed by atoms with Gasteiger partial charge in [0, 0.05) is 11.6 Å². The molecule has 3 rings (SSSR count). The molecular formula is C14H17N3O. The van der Waals surface area contributed by atoms with E-state index in [0.717, 1.165) is 23.4 Å². The second-order valence-corrected chi connectivity index (χ2v) is 5.74. The molecule has 1 heterocycles. The smallest absolute Gasteiger partial charge is 0.260 e. The molecular weight excluding hydrogens is 226 g/mol. The van der Waals surface area contributed by atoms with Crippen LogP contribution in [0.2, 0.25) is 0 Å². The van der Waals surface area contributed by atoms with Crippen molar-refractivity contribution in [2.75, 3.05) is 5.73 Å². The molecule has 4 heteroatoms. The zero-order valence-corrected chi connectivity index (χ0v) is 10.9. The molecule has 0 radical (unpaired) electrons. The number of nitrogens with two attached hydrogens (primary N) is 1. The van der Waals surface area contributed by atoms with E-state index in [4.69, 9.17) is 10.3 Å². The number of nitrogens with zero attached hydrogens (tertiary/aromatic N) is 2. The fourth-order valence-electron chi connectivity index (χ4n) is 2.37. The molecule has 2 aromatic rings. The van der Waals surface area contributed by atoms with Gasteiger partial charge < -0.3 is 10.3 Å². The minimum Gasteiger partial charge on any atom is -0.398 e. The van der Waals surface area contributed by atoms with Gasteiger partial charge in [-0.05, 0) is 30.4 Å². The first-order chi connectivity index (χ1) is 8.49. The second kappa shape index (κ2) is 3.57. The van der Waals surface area contributed by atoms with E-state index < -0.39 is 0 Å². The van der Waals surface area contributed by atoms with E-state index >= 15 is 0 Å². The summed E-state index contributed by atoms with van der Waals surface area (Å²) in [5.74, 6) is 1.75. The van der Waals surface area contributed by atoms with E-state index in [1.807, 2.05) is 25.1 Å². The average molecular weight is 243 g/mol. The quantitative estimate of drug-likeness (QED) is 0.823. The lowest BCUT2D eigenvalue weighted by Gasteiger charge is -2.03. The summed E-state index contributed by atoms with van der Waals surface area (Å²) in [6.07, 6.45) is 1.12. The van der Waals surface area contributed by atoms with Gasteiger partial charge in [0.25, 0.3) is 5.89 Å². The van der Waals surface area contributed by atoms with Gasteiger partial charge in [-0.2, -0.15) is 4.98 Å². The maximum atomic E-state index is 5.98. The number of hydrogen-bond donors (Lipinski definition) is 1. The van der Waals surface area contributed by atoms with Gasteiger partial charge in [-0.3, -0.25) is 0 Å². The molecule has 1 fully saturated rings. The summed E-state index contributed by atoms with van der Waals surface area (Å²) < 4.78 is 5.37. The zero-order chi connectivity index (χ0) is 12.9. The Hall–Kier alpha value is -1.84. The predicted octanol–water partition coefficient (Wildman–Crippen LogP) is 3.14. The van der Waals surface area contributed by atoms with Crippen LogP contribution in [-0.2, 0) is 0 Å². The highest BCUT2D eigenvalue weighted by molar-refractivity contribution is 5.73. The van der Waals surface area contributed by atoms with Crippen LogP contribution in [0.25, 0.3) is 11.5 Å². The number of anilines is 1. The number of aryl methyl sites for hydroxylation is 1. The normalized spacial score (nSPS) is 20.9. The molecule has 0 bridgehead atoms. The van der Waals surface area contributed by atoms with Crippen molar-refractivity contribution >= 4 is 5.69 Å². The number of rotatable bonds is 2. The van der Waals surface area contributed by atoms with Gasteiger partial charge in [-0.15, -0.1) is 0 Å². The predicted molar refractivity (Wildman–Crippen MR) is 70.0 cm³/mol. The standard InChI is InChI=1S/C14H17N3O/c1-8-5-4-6-10(15)11(8)13-16-12(17-18-13)9-7-14(9,2)3/h4-6,9H,7,15H2,1-3H3. The van der Waals surface area contributed by atoms with Crippen molar-refractivity contribution in [3.8, 4) is 11.5 Å². The minimum absolute atomic E-state index is 0.304. The van der Waals surface area contributed by atoms with Crippen LogP contribution < -0.4 is 5.73 Å². The van der Waals surface area contributed by atoms with Gasteiger partial charge in [0.2, 0.25) is 0 Å². The Morgan fingerprint density at radius 2 is 2.11 bits per heavy atom. The molecule has 0 saturated heterocycles. The maximum absolute atomic E-state index is 5.98. The lowest BCUT2D eigenvalue weighted by molar-refractivity contribution is 0.419. The maximum Gasteiger partial charge on any atom is 0.260 e. The fourth-order valence-corrected chi connectivity index (χ4v) is 2.37. The van der Waals surface area contributed by atoms with Crippen LogP contribution in [0.3, 0.4) is 0 Å². The number of nitrogen functional groups attached to an aromatic ring is 1. The van der Waals surface area contributed by atoms with E-state index in [2.05, 4.69) is 24.0 Å². The van der Waals surface area contributed by atoms with E-state index in [-0.39, 0.29) is 0 Å². The first kappa shape index (κ1) is 11.3. The van der Waals surface area contributed by atoms with E-state index in [9.17, 15) is 0 Å². The van der Waals surface area contributed by atoms with E-state index in [0.29, 0.717) is 22.9 Å². The summed E-state index contributed by atoms with van der Waals surface area (Å²) in [5.41, 5.74) is 8.88. The van der Waals surface area contributed by atoms with Crippen LogP contribution in [0.4, 0.5) is 5.69 Å². The van der Waals surface area contributed by atoms with Gasteiger partial charge in [0.05, 0.1) is 5.56 Å². The summed E-state index contributed by atoms with van der Waals surface area (Å²) in [6, 6.07) is 5.78. The van der Waals surface area contributed by atoms with Gasteiger partial charge in [0.15, 0.2) is 5.82 Å². The molecule has 1 unspecified atom stereocenters. The summed E-state index contributed by atoms with van der Waals surface area (Å²) in [6.45, 7) is 6.43. The molecule has 1 aliphatic carbocycles. The Bertz CT molecular complexity index is 581. The van der Waals surface area contributed by atoms with E-state index in [1.54, 1.807) is 0 Å². The van der Waals surface area contributed by atoms with Crippen molar-refractivity contribution in [1.82, 2.24) is 10.1 Å². The van der Waals surface area contributed by atoms with Crippen molar-refractivity contribution in [2.45, 2.75) is 33.1 Å². The van der Waals surface area contributed by atoms with Crippen molar-refractivity contribution in [1.29, 1.82) is 0 Å². The highest BCUT2D eigenvalue weighted by Crippen LogP contribution is 2.57. The fraction of sp³-hybridized carbons (Fsp3) is 0.429. The molecule has 0 amide bonds. The third-order valence-electron chi connectivity index (χ3n) is 3.79. The van der Waals surface area contributed by atoms with Crippen LogP contribution in [-0.4, -0.2) is 10.1 Å². The Labute approximate surface area is 106 Å². The summed E-state index contributed by atoms with van der Waals surface area (Å²) in [5, 5.41) is 4.09. The molecule has 94 valence electrons. The van der Waals surface area contributed by atoms with Gasteiger partial charge in [-0.1, -0.05) is 31.1 Å². The van der Waals surface area contributed by atoms with Gasteiger partial charge in [-0.25, -0.2) is 0 Å². The summed E-state index contributed by atoms with van der Waals surface area (Å²) >= 11 is 0. The largest absolute Gasteiger partial charge is 0.398 e. The first-order valence-electron chi connectivity index (χ1n) is 6.18. The molecule has 1 aliphatic rings. The van der Waals surface area contributed by atoms with Crippen LogP contribution in [0.5, 0.6) is 0 Å². The number of benzene rings is 1. The third-order valence-corrected chi connectivity index (χ3v) is 3.79. The molecule has 18 heavy (non-hydrogen) atoms. The summed E-state index contributed by atoms with van der Waals surface area (Å²) in [4.78, 5) is 4.50. The second-order valence-electron chi connectivity index (χ2n) is 5.74. The van der Waals surface area contributed by atoms with Crippen LogP contribution in [0, 0.1) is 12.3 Å². The molecule has 2 N–H and O–H groups in total. The van der Waals surface area contributed by atoms with Crippen molar-refractivity contribution < 1.29 is 4.52 Å². The highest BCUT2D eigenvalue weighted by Gasteiger charge is 2.49. The van der Waals surface area contributed by atoms with Gasteiger partial charge >= 0.3 is 0 Å². The first-order valence-corrected chi connectivity index (χ1v) is 6.18. The van der Waals surface area contributed by atoms with Crippen molar-refractivity contribution in [3.63, 3.8) is 0 Å².